The first kappa shape index (κ1) is 13.4. The number of carbonyl (C=O) groups excluding carboxylic acids is 1. The summed E-state index contributed by atoms with van der Waals surface area (Å²) >= 11 is 0. The van der Waals surface area contributed by atoms with Gasteiger partial charge in [-0.15, -0.1) is 0 Å². The molecule has 19 heavy (non-hydrogen) atoms. The summed E-state index contributed by atoms with van der Waals surface area (Å²) in [4.78, 5) is 14.3. The number of piperidine rings is 1. The third kappa shape index (κ3) is 2.68. The average molecular weight is 254 g/mol. The van der Waals surface area contributed by atoms with Crippen LogP contribution >= 0.6 is 0 Å². The fourth-order valence-electron chi connectivity index (χ4n) is 2.57. The Balaban J connectivity index is 2.19. The van der Waals surface area contributed by atoms with Crippen LogP contribution in [0.15, 0.2) is 42.5 Å². The Labute approximate surface area is 114 Å². The van der Waals surface area contributed by atoms with Gasteiger partial charge in [0.25, 0.3) is 0 Å². The number of nitrogens with zero attached hydrogens (tertiary/aromatic N) is 2. The van der Waals surface area contributed by atoms with E-state index in [1.807, 2.05) is 37.3 Å². The zero-order chi connectivity index (χ0) is 13.7. The molecule has 1 aliphatic rings. The Kier molecular flexibility index (Phi) is 4.01. The second kappa shape index (κ2) is 5.71. The molecule has 3 nitrogen and oxygen atoms in total. The molecule has 0 spiro atoms. The fraction of sp³-hybridized carbons (Fsp3) is 0.375. The van der Waals surface area contributed by atoms with Crippen LogP contribution in [0, 0.1) is 16.7 Å². The molecule has 1 aliphatic heterocycles. The Hall–Kier alpha value is -2.08. The zero-order valence-corrected chi connectivity index (χ0v) is 11.2. The molecule has 1 aromatic carbocycles. The van der Waals surface area contributed by atoms with Crippen LogP contribution in [0.3, 0.4) is 0 Å². The van der Waals surface area contributed by atoms with Crippen LogP contribution in [0.2, 0.25) is 0 Å². The monoisotopic (exact) mass is 254 g/mol. The number of rotatable bonds is 3. The van der Waals surface area contributed by atoms with Gasteiger partial charge in [-0.05, 0) is 25.3 Å². The van der Waals surface area contributed by atoms with E-state index in [4.69, 9.17) is 0 Å². The van der Waals surface area contributed by atoms with E-state index in [1.165, 1.54) is 0 Å². The largest absolute Gasteiger partial charge is 0.337 e. The molecule has 0 N–H and O–H groups in total. The number of hydrogen-bond donors (Lipinski definition) is 0. The van der Waals surface area contributed by atoms with E-state index in [-0.39, 0.29) is 5.91 Å². The zero-order valence-electron chi connectivity index (χ0n) is 11.2. The third-order valence-electron chi connectivity index (χ3n) is 3.53. The minimum atomic E-state index is -0.957. The van der Waals surface area contributed by atoms with Gasteiger partial charge in [-0.1, -0.05) is 42.5 Å². The molecule has 1 aromatic rings. The van der Waals surface area contributed by atoms with Crippen LogP contribution in [-0.2, 0) is 11.3 Å². The average Bonchev–Trinajstić information content (AvgIpc) is 2.45. The minimum Gasteiger partial charge on any atom is -0.337 e. The second-order valence-corrected chi connectivity index (χ2v) is 4.90. The maximum atomic E-state index is 12.5. The topological polar surface area (TPSA) is 44.1 Å². The third-order valence-corrected chi connectivity index (χ3v) is 3.53. The lowest BCUT2D eigenvalue weighted by Gasteiger charge is -2.35. The first-order chi connectivity index (χ1) is 9.22. The van der Waals surface area contributed by atoms with Crippen LogP contribution < -0.4 is 0 Å². The van der Waals surface area contributed by atoms with Crippen molar-refractivity contribution < 1.29 is 4.79 Å². The highest BCUT2D eigenvalue weighted by molar-refractivity contribution is 5.88. The SMILES string of the molecule is C/C=C/C1(C#N)CCCN(Cc2ccccc2)C1=O. The highest BCUT2D eigenvalue weighted by Crippen LogP contribution is 2.33. The number of carbonyl (C=O) groups is 1. The van der Waals surface area contributed by atoms with Crippen molar-refractivity contribution in [3.63, 3.8) is 0 Å². The quantitative estimate of drug-likeness (QED) is 0.778. The van der Waals surface area contributed by atoms with Gasteiger partial charge in [-0.2, -0.15) is 5.26 Å². The van der Waals surface area contributed by atoms with Gasteiger partial charge < -0.3 is 4.90 Å². The Morgan fingerprint density at radius 2 is 2.16 bits per heavy atom. The first-order valence-electron chi connectivity index (χ1n) is 6.60. The summed E-state index contributed by atoms with van der Waals surface area (Å²) < 4.78 is 0. The molecule has 98 valence electrons. The summed E-state index contributed by atoms with van der Waals surface area (Å²) in [7, 11) is 0. The molecular weight excluding hydrogens is 236 g/mol. The molecule has 0 aromatic heterocycles. The van der Waals surface area contributed by atoms with Gasteiger partial charge in [0.2, 0.25) is 5.91 Å². The van der Waals surface area contributed by atoms with Crippen LogP contribution in [0.5, 0.6) is 0 Å². The van der Waals surface area contributed by atoms with Gasteiger partial charge in [-0.3, -0.25) is 4.79 Å². The van der Waals surface area contributed by atoms with Crippen molar-refractivity contribution in [2.75, 3.05) is 6.54 Å². The van der Waals surface area contributed by atoms with Crippen LogP contribution in [-0.4, -0.2) is 17.4 Å². The molecule has 2 rings (SSSR count). The molecule has 1 fully saturated rings. The van der Waals surface area contributed by atoms with E-state index in [0.29, 0.717) is 13.0 Å². The Morgan fingerprint density at radius 1 is 1.42 bits per heavy atom. The van der Waals surface area contributed by atoms with Gasteiger partial charge >= 0.3 is 0 Å². The van der Waals surface area contributed by atoms with Crippen molar-refractivity contribution in [1.82, 2.24) is 4.90 Å². The molecule has 0 aliphatic carbocycles. The maximum absolute atomic E-state index is 12.5. The lowest BCUT2D eigenvalue weighted by Crippen LogP contribution is -2.46. The smallest absolute Gasteiger partial charge is 0.247 e. The predicted molar refractivity (Wildman–Crippen MR) is 74.0 cm³/mol. The molecule has 1 unspecified atom stereocenters. The molecular formula is C16H18N2O. The maximum Gasteiger partial charge on any atom is 0.247 e. The van der Waals surface area contributed by atoms with Crippen molar-refractivity contribution in [3.05, 3.63) is 48.0 Å². The normalized spacial score (nSPS) is 23.6. The van der Waals surface area contributed by atoms with Crippen molar-refractivity contribution in [2.24, 2.45) is 5.41 Å². The summed E-state index contributed by atoms with van der Waals surface area (Å²) in [6.07, 6.45) is 5.04. The standard InChI is InChI=1S/C16H18N2O/c1-2-9-16(13-17)10-6-11-18(15(16)19)12-14-7-4-3-5-8-14/h2-5,7-9H,6,10-12H2,1H3/b9-2+. The molecule has 0 radical (unpaired) electrons. The summed E-state index contributed by atoms with van der Waals surface area (Å²) in [5, 5.41) is 9.38. The molecule has 1 heterocycles. The molecule has 1 atom stereocenters. The Bertz CT molecular complexity index is 515. The van der Waals surface area contributed by atoms with Crippen LogP contribution in [0.4, 0.5) is 0 Å². The number of allylic oxidation sites excluding steroid dienone is 1. The van der Waals surface area contributed by atoms with Crippen molar-refractivity contribution in [1.29, 1.82) is 5.26 Å². The fourth-order valence-corrected chi connectivity index (χ4v) is 2.57. The number of benzene rings is 1. The molecule has 1 amide bonds. The minimum absolute atomic E-state index is 0.0665. The highest BCUT2D eigenvalue weighted by atomic mass is 16.2. The van der Waals surface area contributed by atoms with Crippen LogP contribution in [0.25, 0.3) is 0 Å². The lowest BCUT2D eigenvalue weighted by molar-refractivity contribution is -0.140. The number of amides is 1. The van der Waals surface area contributed by atoms with Crippen LogP contribution in [0.1, 0.15) is 25.3 Å². The predicted octanol–water partition coefficient (Wildman–Crippen LogP) is 2.90. The summed E-state index contributed by atoms with van der Waals surface area (Å²) in [5.41, 5.74) is 0.145. The van der Waals surface area contributed by atoms with Gasteiger partial charge in [0, 0.05) is 13.1 Å². The van der Waals surface area contributed by atoms with Crippen molar-refractivity contribution in [2.45, 2.75) is 26.3 Å². The first-order valence-corrected chi connectivity index (χ1v) is 6.60. The molecule has 1 saturated heterocycles. The highest BCUT2D eigenvalue weighted by Gasteiger charge is 2.41. The van der Waals surface area contributed by atoms with Gasteiger partial charge in [-0.25, -0.2) is 0 Å². The Morgan fingerprint density at radius 3 is 2.79 bits per heavy atom. The molecule has 0 bridgehead atoms. The van der Waals surface area contributed by atoms with Crippen molar-refractivity contribution in [3.8, 4) is 6.07 Å². The van der Waals surface area contributed by atoms with Gasteiger partial charge in [0.1, 0.15) is 0 Å². The molecule has 0 saturated carbocycles. The summed E-state index contributed by atoms with van der Waals surface area (Å²) in [6, 6.07) is 12.1. The summed E-state index contributed by atoms with van der Waals surface area (Å²) in [6.45, 7) is 3.16. The number of nitriles is 1. The van der Waals surface area contributed by atoms with E-state index in [2.05, 4.69) is 6.07 Å². The lowest BCUT2D eigenvalue weighted by atomic mass is 9.80. The van der Waals surface area contributed by atoms with E-state index in [9.17, 15) is 10.1 Å². The number of likely N-dealkylation sites (tertiary alicyclic amines) is 1. The van der Waals surface area contributed by atoms with Gasteiger partial charge in [0.15, 0.2) is 5.41 Å². The molecule has 3 heteroatoms. The van der Waals surface area contributed by atoms with E-state index >= 15 is 0 Å². The summed E-state index contributed by atoms with van der Waals surface area (Å²) in [5.74, 6) is -0.0665. The van der Waals surface area contributed by atoms with E-state index in [1.54, 1.807) is 17.1 Å². The number of hydrogen-bond acceptors (Lipinski definition) is 2. The van der Waals surface area contributed by atoms with E-state index in [0.717, 1.165) is 18.5 Å². The van der Waals surface area contributed by atoms with Gasteiger partial charge in [0.05, 0.1) is 6.07 Å². The van der Waals surface area contributed by atoms with Crippen molar-refractivity contribution >= 4 is 5.91 Å². The second-order valence-electron chi connectivity index (χ2n) is 4.90. The van der Waals surface area contributed by atoms with E-state index < -0.39 is 5.41 Å².